The van der Waals surface area contributed by atoms with Crippen LogP contribution in [0.3, 0.4) is 0 Å². The lowest BCUT2D eigenvalue weighted by Gasteiger charge is -2.34. The predicted octanol–water partition coefficient (Wildman–Crippen LogP) is 5.55. The molecule has 33 heavy (non-hydrogen) atoms. The zero-order chi connectivity index (χ0) is 23.8. The van der Waals surface area contributed by atoms with Gasteiger partial charge in [0, 0.05) is 23.0 Å². The third-order valence-electron chi connectivity index (χ3n) is 5.23. The first-order chi connectivity index (χ1) is 15.7. The Morgan fingerprint density at radius 2 is 1.36 bits per heavy atom. The molecule has 0 spiro atoms. The number of nitrogens with zero attached hydrogens (tertiary/aromatic N) is 1. The molecule has 0 bridgehead atoms. The molecule has 3 rings (SSSR count). The van der Waals surface area contributed by atoms with Crippen LogP contribution in [0.5, 0.6) is 0 Å². The zero-order valence-corrected chi connectivity index (χ0v) is 21.0. The highest BCUT2D eigenvalue weighted by molar-refractivity contribution is 9.10. The van der Waals surface area contributed by atoms with Gasteiger partial charge < -0.3 is 10.2 Å². The third-order valence-corrected chi connectivity index (χ3v) is 5.76. The van der Waals surface area contributed by atoms with Crippen molar-refractivity contribution >= 4 is 27.7 Å². The lowest BCUT2D eigenvalue weighted by Crippen LogP contribution is -2.54. The Morgan fingerprint density at radius 1 is 0.818 bits per heavy atom. The van der Waals surface area contributed by atoms with E-state index in [9.17, 15) is 9.59 Å². The monoisotopic (exact) mass is 506 g/mol. The normalized spacial score (nSPS) is 12.1. The van der Waals surface area contributed by atoms with Gasteiger partial charge in [-0.25, -0.2) is 0 Å². The smallest absolute Gasteiger partial charge is 0.243 e. The summed E-state index contributed by atoms with van der Waals surface area (Å²) in [5.74, 6) is -0.223. The van der Waals surface area contributed by atoms with Crippen molar-refractivity contribution in [2.45, 2.75) is 51.7 Å². The molecule has 0 saturated heterocycles. The number of hydrogen-bond acceptors (Lipinski definition) is 2. The van der Waals surface area contributed by atoms with Gasteiger partial charge in [0.05, 0.1) is 6.42 Å². The van der Waals surface area contributed by atoms with Gasteiger partial charge in [-0.3, -0.25) is 9.59 Å². The van der Waals surface area contributed by atoms with Crippen LogP contribution in [-0.4, -0.2) is 28.3 Å². The molecule has 1 atom stereocenters. The quantitative estimate of drug-likeness (QED) is 0.435. The van der Waals surface area contributed by atoms with Gasteiger partial charge in [0.1, 0.15) is 6.04 Å². The predicted molar refractivity (Wildman–Crippen MR) is 137 cm³/mol. The van der Waals surface area contributed by atoms with Crippen LogP contribution in [0.4, 0.5) is 0 Å². The molecule has 3 aromatic rings. The summed E-state index contributed by atoms with van der Waals surface area (Å²) in [7, 11) is 0. The Morgan fingerprint density at radius 3 is 1.91 bits per heavy atom. The van der Waals surface area contributed by atoms with Crippen LogP contribution < -0.4 is 5.32 Å². The van der Waals surface area contributed by atoms with E-state index in [1.165, 1.54) is 0 Å². The number of nitrogens with one attached hydrogen (secondary N) is 1. The third kappa shape index (κ3) is 7.86. The summed E-state index contributed by atoms with van der Waals surface area (Å²) in [5, 5.41) is 3.09. The maximum atomic E-state index is 13.6. The highest BCUT2D eigenvalue weighted by Gasteiger charge is 2.32. The standard InChI is InChI=1S/C28H31BrN2O2/c1-28(2,3)30-27(33)25(18-21-10-6-4-7-11-21)31(20-23-14-16-24(29)17-15-23)26(32)19-22-12-8-5-9-13-22/h4-17,25H,18-20H2,1-3H3,(H,30,33)/t25-/m1/s1. The minimum Gasteiger partial charge on any atom is -0.350 e. The molecule has 1 N–H and O–H groups in total. The molecule has 172 valence electrons. The molecular weight excluding hydrogens is 476 g/mol. The summed E-state index contributed by atoms with van der Waals surface area (Å²) < 4.78 is 0.972. The average molecular weight is 507 g/mol. The van der Waals surface area contributed by atoms with Crippen LogP contribution in [-0.2, 0) is 29.0 Å². The SMILES string of the molecule is CC(C)(C)NC(=O)[C@@H](Cc1ccccc1)N(Cc1ccc(Br)cc1)C(=O)Cc1ccccc1. The molecule has 0 unspecified atom stereocenters. The van der Waals surface area contributed by atoms with Crippen molar-refractivity contribution in [3.05, 3.63) is 106 Å². The number of halogens is 1. The zero-order valence-electron chi connectivity index (χ0n) is 19.4. The van der Waals surface area contributed by atoms with Crippen LogP contribution in [0.15, 0.2) is 89.4 Å². The summed E-state index contributed by atoms with van der Waals surface area (Å²) in [5.41, 5.74) is 2.51. The van der Waals surface area contributed by atoms with Crippen molar-refractivity contribution in [1.29, 1.82) is 0 Å². The number of carbonyl (C=O) groups excluding carboxylic acids is 2. The molecule has 0 aliphatic heterocycles. The Labute approximate surface area is 205 Å². The summed E-state index contributed by atoms with van der Waals surface area (Å²) in [6.07, 6.45) is 0.686. The molecule has 0 fully saturated rings. The fourth-order valence-corrected chi connectivity index (χ4v) is 3.93. The van der Waals surface area contributed by atoms with Gasteiger partial charge in [-0.1, -0.05) is 88.7 Å². The first-order valence-corrected chi connectivity index (χ1v) is 11.9. The van der Waals surface area contributed by atoms with Crippen LogP contribution in [0.1, 0.15) is 37.5 Å². The molecule has 0 aliphatic rings. The van der Waals surface area contributed by atoms with E-state index in [2.05, 4.69) is 21.2 Å². The summed E-state index contributed by atoms with van der Waals surface area (Å²) in [6, 6.07) is 26.8. The Kier molecular flexibility index (Phi) is 8.45. The average Bonchev–Trinajstić information content (AvgIpc) is 2.77. The molecule has 0 heterocycles. The fraction of sp³-hybridized carbons (Fsp3) is 0.286. The summed E-state index contributed by atoms with van der Waals surface area (Å²) in [4.78, 5) is 28.8. The molecule has 2 amide bonds. The van der Waals surface area contributed by atoms with E-state index in [0.717, 1.165) is 21.2 Å². The van der Waals surface area contributed by atoms with Gasteiger partial charge in [0.25, 0.3) is 0 Å². The molecule has 0 radical (unpaired) electrons. The molecule has 3 aromatic carbocycles. The fourth-order valence-electron chi connectivity index (χ4n) is 3.67. The van der Waals surface area contributed by atoms with E-state index >= 15 is 0 Å². The van der Waals surface area contributed by atoms with Gasteiger partial charge in [-0.2, -0.15) is 0 Å². The molecule has 0 saturated carbocycles. The summed E-state index contributed by atoms with van der Waals surface area (Å²) in [6.45, 7) is 6.22. The van der Waals surface area contributed by atoms with E-state index < -0.39 is 11.6 Å². The van der Waals surface area contributed by atoms with Crippen molar-refractivity contribution in [2.75, 3.05) is 0 Å². The maximum Gasteiger partial charge on any atom is 0.243 e. The van der Waals surface area contributed by atoms with E-state index in [1.54, 1.807) is 4.90 Å². The molecular formula is C28H31BrN2O2. The highest BCUT2D eigenvalue weighted by Crippen LogP contribution is 2.19. The van der Waals surface area contributed by atoms with E-state index in [4.69, 9.17) is 0 Å². The van der Waals surface area contributed by atoms with Gasteiger partial charge in [-0.15, -0.1) is 0 Å². The molecule has 0 aliphatic carbocycles. The van der Waals surface area contributed by atoms with Gasteiger partial charge in [0.2, 0.25) is 11.8 Å². The van der Waals surface area contributed by atoms with Crippen LogP contribution in [0, 0.1) is 0 Å². The Hall–Kier alpha value is -2.92. The second kappa shape index (κ2) is 11.3. The second-order valence-corrected chi connectivity index (χ2v) is 10.2. The van der Waals surface area contributed by atoms with Gasteiger partial charge >= 0.3 is 0 Å². The number of carbonyl (C=O) groups is 2. The first kappa shape index (κ1) is 24.7. The van der Waals surface area contributed by atoms with Crippen molar-refractivity contribution in [3.63, 3.8) is 0 Å². The molecule has 0 aromatic heterocycles. The molecule has 4 nitrogen and oxygen atoms in total. The van der Waals surface area contributed by atoms with Gasteiger partial charge in [-0.05, 0) is 49.6 Å². The molecule has 5 heteroatoms. The summed E-state index contributed by atoms with van der Waals surface area (Å²) >= 11 is 3.47. The van der Waals surface area contributed by atoms with Crippen molar-refractivity contribution in [1.82, 2.24) is 10.2 Å². The minimum atomic E-state index is -0.633. The first-order valence-electron chi connectivity index (χ1n) is 11.1. The Balaban J connectivity index is 1.97. The topological polar surface area (TPSA) is 49.4 Å². The highest BCUT2D eigenvalue weighted by atomic mass is 79.9. The van der Waals surface area contributed by atoms with Crippen LogP contribution in [0.25, 0.3) is 0 Å². The van der Waals surface area contributed by atoms with E-state index in [1.807, 2.05) is 106 Å². The number of amides is 2. The van der Waals surface area contributed by atoms with Crippen molar-refractivity contribution in [3.8, 4) is 0 Å². The number of hydrogen-bond donors (Lipinski definition) is 1. The lowest BCUT2D eigenvalue weighted by atomic mass is 10.00. The Bertz CT molecular complexity index is 1040. The minimum absolute atomic E-state index is 0.0749. The van der Waals surface area contributed by atoms with Crippen molar-refractivity contribution in [2.24, 2.45) is 0 Å². The van der Waals surface area contributed by atoms with E-state index in [0.29, 0.717) is 13.0 Å². The number of benzene rings is 3. The van der Waals surface area contributed by atoms with Crippen LogP contribution >= 0.6 is 15.9 Å². The number of rotatable bonds is 8. The lowest BCUT2D eigenvalue weighted by molar-refractivity contribution is -0.141. The van der Waals surface area contributed by atoms with Gasteiger partial charge in [0.15, 0.2) is 0 Å². The van der Waals surface area contributed by atoms with Crippen LogP contribution in [0.2, 0.25) is 0 Å². The van der Waals surface area contributed by atoms with Crippen molar-refractivity contribution < 1.29 is 9.59 Å². The van der Waals surface area contributed by atoms with E-state index in [-0.39, 0.29) is 18.2 Å². The largest absolute Gasteiger partial charge is 0.350 e. The maximum absolute atomic E-state index is 13.6. The second-order valence-electron chi connectivity index (χ2n) is 9.26.